The Balaban J connectivity index is 2.44. The molecule has 3 nitrogen and oxygen atoms in total. The molecule has 0 heterocycles. The van der Waals surface area contributed by atoms with E-state index >= 15 is 0 Å². The van der Waals surface area contributed by atoms with Crippen molar-refractivity contribution in [1.29, 1.82) is 0 Å². The third-order valence-electron chi connectivity index (χ3n) is 1.97. The molecule has 0 saturated carbocycles. The maximum absolute atomic E-state index is 12.9. The molecule has 1 aromatic rings. The highest BCUT2D eigenvalue weighted by atomic mass is 79.9. The fraction of sp³-hybridized carbons (Fsp3) is 0.455. The van der Waals surface area contributed by atoms with Crippen molar-refractivity contribution in [3.8, 4) is 0 Å². The van der Waals surface area contributed by atoms with Crippen LogP contribution in [0.3, 0.4) is 0 Å². The molecule has 0 aliphatic heterocycles. The number of rotatable bonds is 6. The Hall–Kier alpha value is -0.650. The number of anilines is 1. The van der Waals surface area contributed by atoms with E-state index in [2.05, 4.69) is 21.2 Å². The molecule has 0 aromatic heterocycles. The van der Waals surface area contributed by atoms with Gasteiger partial charge in [-0.1, -0.05) is 0 Å². The highest BCUT2D eigenvalue weighted by Gasteiger charge is 2.06. The third-order valence-corrected chi connectivity index (χ3v) is 2.66. The van der Waals surface area contributed by atoms with Crippen LogP contribution in [0.5, 0.6) is 0 Å². The Morgan fingerprint density at radius 3 is 3.00 bits per heavy atom. The molecular formula is C11H15BrFNO2. The summed E-state index contributed by atoms with van der Waals surface area (Å²) in [5, 5.41) is 12.5. The minimum atomic E-state index is -0.602. The molecule has 1 unspecified atom stereocenters. The molecule has 0 spiro atoms. The van der Waals surface area contributed by atoms with E-state index in [4.69, 9.17) is 4.74 Å². The number of benzene rings is 1. The zero-order valence-corrected chi connectivity index (χ0v) is 10.6. The molecule has 5 heteroatoms. The second-order valence-corrected chi connectivity index (χ2v) is 4.17. The molecule has 0 amide bonds. The third kappa shape index (κ3) is 4.47. The number of nitrogens with one attached hydrogen (secondary N) is 1. The number of halogens is 2. The van der Waals surface area contributed by atoms with Gasteiger partial charge in [0.05, 0.1) is 18.4 Å². The largest absolute Gasteiger partial charge is 0.389 e. The van der Waals surface area contributed by atoms with Gasteiger partial charge < -0.3 is 15.2 Å². The topological polar surface area (TPSA) is 41.5 Å². The molecular weight excluding hydrogens is 277 g/mol. The summed E-state index contributed by atoms with van der Waals surface area (Å²) in [6, 6.07) is 4.36. The van der Waals surface area contributed by atoms with Gasteiger partial charge in [0.1, 0.15) is 5.82 Å². The fourth-order valence-electron chi connectivity index (χ4n) is 1.17. The monoisotopic (exact) mass is 291 g/mol. The lowest BCUT2D eigenvalue weighted by atomic mass is 10.3. The van der Waals surface area contributed by atoms with E-state index in [9.17, 15) is 9.50 Å². The predicted octanol–water partition coefficient (Wildman–Crippen LogP) is 2.40. The molecule has 0 aliphatic rings. The van der Waals surface area contributed by atoms with E-state index in [0.717, 1.165) is 4.47 Å². The van der Waals surface area contributed by atoms with Gasteiger partial charge in [0.15, 0.2) is 0 Å². The molecule has 0 fully saturated rings. The van der Waals surface area contributed by atoms with Crippen LogP contribution >= 0.6 is 15.9 Å². The van der Waals surface area contributed by atoms with Crippen molar-refractivity contribution in [3.63, 3.8) is 0 Å². The van der Waals surface area contributed by atoms with Gasteiger partial charge >= 0.3 is 0 Å². The number of hydrogen-bond donors (Lipinski definition) is 2. The van der Waals surface area contributed by atoms with Gasteiger partial charge in [0.25, 0.3) is 0 Å². The molecule has 16 heavy (non-hydrogen) atoms. The molecule has 1 atom stereocenters. The Bertz CT molecular complexity index is 336. The van der Waals surface area contributed by atoms with Crippen molar-refractivity contribution >= 4 is 21.6 Å². The first-order valence-corrected chi connectivity index (χ1v) is 5.87. The van der Waals surface area contributed by atoms with Crippen molar-refractivity contribution < 1.29 is 14.2 Å². The molecule has 0 bridgehead atoms. The lowest BCUT2D eigenvalue weighted by molar-refractivity contribution is 0.0496. The maximum atomic E-state index is 12.9. The van der Waals surface area contributed by atoms with Crippen LogP contribution < -0.4 is 5.32 Å². The van der Waals surface area contributed by atoms with Crippen LogP contribution in [0.2, 0.25) is 0 Å². The van der Waals surface area contributed by atoms with Crippen molar-refractivity contribution in [3.05, 3.63) is 28.5 Å². The average Bonchev–Trinajstić information content (AvgIpc) is 2.27. The van der Waals surface area contributed by atoms with Crippen LogP contribution in [-0.2, 0) is 4.74 Å². The molecule has 0 aliphatic carbocycles. The van der Waals surface area contributed by atoms with Crippen LogP contribution in [0.25, 0.3) is 0 Å². The maximum Gasteiger partial charge on any atom is 0.125 e. The van der Waals surface area contributed by atoms with Gasteiger partial charge in [0, 0.05) is 17.6 Å². The Morgan fingerprint density at radius 2 is 2.31 bits per heavy atom. The summed E-state index contributed by atoms with van der Waals surface area (Å²) in [4.78, 5) is 0. The Kier molecular flexibility index (Phi) is 5.73. The van der Waals surface area contributed by atoms with E-state index in [1.165, 1.54) is 12.1 Å². The standard InChI is InChI=1S/C11H15BrFNO2/c1-2-16-7-9(15)6-14-11-5-8(13)3-4-10(11)12/h3-5,9,14-15H,2,6-7H2,1H3. The van der Waals surface area contributed by atoms with E-state index in [-0.39, 0.29) is 12.4 Å². The predicted molar refractivity (Wildman–Crippen MR) is 65.1 cm³/mol. The van der Waals surface area contributed by atoms with E-state index in [0.29, 0.717) is 18.8 Å². The zero-order chi connectivity index (χ0) is 12.0. The highest BCUT2D eigenvalue weighted by Crippen LogP contribution is 2.22. The Labute approximate surface area is 103 Å². The number of aliphatic hydroxyl groups excluding tert-OH is 1. The smallest absolute Gasteiger partial charge is 0.125 e. The zero-order valence-electron chi connectivity index (χ0n) is 9.04. The molecule has 1 rings (SSSR count). The second-order valence-electron chi connectivity index (χ2n) is 3.32. The van der Waals surface area contributed by atoms with Crippen LogP contribution in [0.15, 0.2) is 22.7 Å². The van der Waals surface area contributed by atoms with Crippen LogP contribution in [0.1, 0.15) is 6.92 Å². The first-order chi connectivity index (χ1) is 7.63. The van der Waals surface area contributed by atoms with Crippen LogP contribution in [0.4, 0.5) is 10.1 Å². The molecule has 1 aromatic carbocycles. The summed E-state index contributed by atoms with van der Waals surface area (Å²) in [5.74, 6) is -0.315. The van der Waals surface area contributed by atoms with Crippen molar-refractivity contribution in [2.75, 3.05) is 25.1 Å². The summed E-state index contributed by atoms with van der Waals surface area (Å²) >= 11 is 3.29. The average molecular weight is 292 g/mol. The van der Waals surface area contributed by atoms with Gasteiger partial charge in [-0.05, 0) is 41.1 Å². The Morgan fingerprint density at radius 1 is 1.56 bits per heavy atom. The number of hydrogen-bond acceptors (Lipinski definition) is 3. The van der Waals surface area contributed by atoms with Crippen molar-refractivity contribution in [2.45, 2.75) is 13.0 Å². The van der Waals surface area contributed by atoms with Gasteiger partial charge in [0.2, 0.25) is 0 Å². The minimum Gasteiger partial charge on any atom is -0.389 e. The van der Waals surface area contributed by atoms with E-state index < -0.39 is 6.10 Å². The summed E-state index contributed by atoms with van der Waals surface area (Å²) < 4.78 is 18.7. The van der Waals surface area contributed by atoms with E-state index in [1.54, 1.807) is 6.07 Å². The van der Waals surface area contributed by atoms with Crippen LogP contribution in [0, 0.1) is 5.82 Å². The van der Waals surface area contributed by atoms with Gasteiger partial charge in [-0.2, -0.15) is 0 Å². The van der Waals surface area contributed by atoms with Gasteiger partial charge in [-0.15, -0.1) is 0 Å². The molecule has 0 saturated heterocycles. The molecule has 90 valence electrons. The van der Waals surface area contributed by atoms with Crippen LogP contribution in [-0.4, -0.2) is 31.0 Å². The first kappa shape index (κ1) is 13.4. The quantitative estimate of drug-likeness (QED) is 0.846. The van der Waals surface area contributed by atoms with Crippen molar-refractivity contribution in [1.82, 2.24) is 0 Å². The SMILES string of the molecule is CCOCC(O)CNc1cc(F)ccc1Br. The van der Waals surface area contributed by atoms with Gasteiger partial charge in [-0.25, -0.2) is 4.39 Å². The fourth-order valence-corrected chi connectivity index (χ4v) is 1.56. The lowest BCUT2D eigenvalue weighted by Gasteiger charge is -2.13. The van der Waals surface area contributed by atoms with E-state index in [1.807, 2.05) is 6.92 Å². The lowest BCUT2D eigenvalue weighted by Crippen LogP contribution is -2.25. The summed E-state index contributed by atoms with van der Waals surface area (Å²) in [7, 11) is 0. The normalized spacial score (nSPS) is 12.5. The van der Waals surface area contributed by atoms with Crippen molar-refractivity contribution in [2.24, 2.45) is 0 Å². The minimum absolute atomic E-state index is 0.274. The summed E-state index contributed by atoms with van der Waals surface area (Å²) in [5.41, 5.74) is 0.621. The number of aliphatic hydroxyl groups is 1. The first-order valence-electron chi connectivity index (χ1n) is 5.08. The summed E-state index contributed by atoms with van der Waals surface area (Å²) in [6.45, 7) is 3.03. The molecule has 0 radical (unpaired) electrons. The second kappa shape index (κ2) is 6.83. The van der Waals surface area contributed by atoms with Gasteiger partial charge in [-0.3, -0.25) is 0 Å². The number of ether oxygens (including phenoxy) is 1. The molecule has 2 N–H and O–H groups in total. The highest BCUT2D eigenvalue weighted by molar-refractivity contribution is 9.10. The summed E-state index contributed by atoms with van der Waals surface area (Å²) in [6.07, 6.45) is -0.602.